The molecule has 1 N–H and O–H groups in total. The summed E-state index contributed by atoms with van der Waals surface area (Å²) in [5.41, 5.74) is 3.78. The normalized spacial score (nSPS) is 13.1. The Bertz CT molecular complexity index is 374. The predicted octanol–water partition coefficient (Wildman–Crippen LogP) is 1.76. The average molecular weight is 205 g/mol. The van der Waals surface area contributed by atoms with E-state index in [0.29, 0.717) is 6.42 Å². The van der Waals surface area contributed by atoms with E-state index < -0.39 is 0 Å². The van der Waals surface area contributed by atoms with Gasteiger partial charge >= 0.3 is 5.97 Å². The number of methoxy groups -OCH3 is 1. The number of anilines is 1. The number of aryl methyl sites for hydroxylation is 1. The van der Waals surface area contributed by atoms with Crippen LogP contribution in [-0.2, 0) is 22.4 Å². The molecule has 0 saturated heterocycles. The Morgan fingerprint density at radius 2 is 2.40 bits per heavy atom. The van der Waals surface area contributed by atoms with E-state index in [0.717, 1.165) is 19.4 Å². The Morgan fingerprint density at radius 1 is 1.53 bits per heavy atom. The minimum absolute atomic E-state index is 0.150. The Kier molecular flexibility index (Phi) is 2.90. The van der Waals surface area contributed by atoms with Crippen molar-refractivity contribution < 1.29 is 9.53 Å². The van der Waals surface area contributed by atoms with E-state index in [1.54, 1.807) is 0 Å². The van der Waals surface area contributed by atoms with Gasteiger partial charge in [0.2, 0.25) is 0 Å². The molecule has 0 spiro atoms. The summed E-state index contributed by atoms with van der Waals surface area (Å²) in [6.45, 7) is 1.02. The van der Waals surface area contributed by atoms with Gasteiger partial charge < -0.3 is 10.1 Å². The van der Waals surface area contributed by atoms with Crippen LogP contribution < -0.4 is 5.32 Å². The molecule has 0 unspecified atom stereocenters. The van der Waals surface area contributed by atoms with Gasteiger partial charge in [0.05, 0.1) is 7.11 Å². The van der Waals surface area contributed by atoms with Crippen LogP contribution in [0.5, 0.6) is 0 Å². The molecule has 0 saturated carbocycles. The smallest absolute Gasteiger partial charge is 0.305 e. The van der Waals surface area contributed by atoms with Gasteiger partial charge in [0, 0.05) is 18.7 Å². The van der Waals surface area contributed by atoms with E-state index in [-0.39, 0.29) is 5.97 Å². The maximum atomic E-state index is 11.0. The quantitative estimate of drug-likeness (QED) is 0.764. The molecule has 0 aromatic heterocycles. The van der Waals surface area contributed by atoms with Gasteiger partial charge in [-0.1, -0.05) is 12.1 Å². The molecule has 0 aliphatic carbocycles. The summed E-state index contributed by atoms with van der Waals surface area (Å²) in [7, 11) is 1.42. The lowest BCUT2D eigenvalue weighted by atomic mass is 10.1. The van der Waals surface area contributed by atoms with Crippen LogP contribution >= 0.6 is 0 Å². The first kappa shape index (κ1) is 10.0. The highest BCUT2D eigenvalue weighted by atomic mass is 16.5. The van der Waals surface area contributed by atoms with Crippen LogP contribution in [0.4, 0.5) is 5.69 Å². The molecule has 1 heterocycles. The van der Waals surface area contributed by atoms with Gasteiger partial charge in [0.1, 0.15) is 0 Å². The van der Waals surface area contributed by atoms with E-state index >= 15 is 0 Å². The number of carbonyl (C=O) groups excluding carboxylic acids is 1. The van der Waals surface area contributed by atoms with Gasteiger partial charge in [-0.05, 0) is 30.0 Å². The molecule has 15 heavy (non-hydrogen) atoms. The largest absolute Gasteiger partial charge is 0.469 e. The standard InChI is InChI=1S/C12H15NO2/c1-15-12(14)5-3-9-2-4-10-6-7-13-11(10)8-9/h2,4,8,13H,3,5-7H2,1H3. The molecule has 1 aromatic rings. The minimum atomic E-state index is -0.150. The van der Waals surface area contributed by atoms with Crippen LogP contribution in [0.25, 0.3) is 0 Å². The zero-order valence-corrected chi connectivity index (χ0v) is 8.88. The van der Waals surface area contributed by atoms with Crippen molar-refractivity contribution in [1.29, 1.82) is 0 Å². The first-order valence-electron chi connectivity index (χ1n) is 5.22. The third-order valence-corrected chi connectivity index (χ3v) is 2.73. The maximum Gasteiger partial charge on any atom is 0.305 e. The summed E-state index contributed by atoms with van der Waals surface area (Å²) in [5.74, 6) is -0.150. The van der Waals surface area contributed by atoms with Crippen LogP contribution in [0.1, 0.15) is 17.5 Å². The number of hydrogen-bond acceptors (Lipinski definition) is 3. The number of rotatable bonds is 3. The van der Waals surface area contributed by atoms with Crippen molar-refractivity contribution in [1.82, 2.24) is 0 Å². The fourth-order valence-corrected chi connectivity index (χ4v) is 1.84. The zero-order chi connectivity index (χ0) is 10.7. The molecule has 2 rings (SSSR count). The summed E-state index contributed by atoms with van der Waals surface area (Å²) in [6.07, 6.45) is 2.31. The van der Waals surface area contributed by atoms with E-state index in [4.69, 9.17) is 0 Å². The van der Waals surface area contributed by atoms with Crippen molar-refractivity contribution in [3.05, 3.63) is 29.3 Å². The molecule has 0 bridgehead atoms. The van der Waals surface area contributed by atoms with Crippen LogP contribution in [0, 0.1) is 0 Å². The summed E-state index contributed by atoms with van der Waals surface area (Å²) in [6, 6.07) is 6.36. The third-order valence-electron chi connectivity index (χ3n) is 2.73. The highest BCUT2D eigenvalue weighted by Crippen LogP contribution is 2.23. The third kappa shape index (κ3) is 2.29. The van der Waals surface area contributed by atoms with E-state index in [9.17, 15) is 4.79 Å². The van der Waals surface area contributed by atoms with Gasteiger partial charge in [-0.15, -0.1) is 0 Å². The monoisotopic (exact) mass is 205 g/mol. The number of carbonyl (C=O) groups is 1. The molecule has 3 heteroatoms. The fraction of sp³-hybridized carbons (Fsp3) is 0.417. The average Bonchev–Trinajstić information content (AvgIpc) is 2.72. The number of esters is 1. The Balaban J connectivity index is 2.01. The first-order chi connectivity index (χ1) is 7.29. The molecule has 0 amide bonds. The van der Waals surface area contributed by atoms with Crippen molar-refractivity contribution in [2.45, 2.75) is 19.3 Å². The number of fused-ring (bicyclic) bond motifs is 1. The molecule has 80 valence electrons. The van der Waals surface area contributed by atoms with Crippen molar-refractivity contribution in [2.24, 2.45) is 0 Å². The lowest BCUT2D eigenvalue weighted by Crippen LogP contribution is -2.02. The minimum Gasteiger partial charge on any atom is -0.469 e. The molecular weight excluding hydrogens is 190 g/mol. The van der Waals surface area contributed by atoms with Gasteiger partial charge in [0.25, 0.3) is 0 Å². The fourth-order valence-electron chi connectivity index (χ4n) is 1.84. The van der Waals surface area contributed by atoms with Gasteiger partial charge in [-0.3, -0.25) is 4.79 Å². The van der Waals surface area contributed by atoms with E-state index in [2.05, 4.69) is 28.3 Å². The molecule has 1 aliphatic heterocycles. The number of benzene rings is 1. The van der Waals surface area contributed by atoms with Crippen LogP contribution in [0.3, 0.4) is 0 Å². The van der Waals surface area contributed by atoms with Crippen LogP contribution in [0.15, 0.2) is 18.2 Å². The SMILES string of the molecule is COC(=O)CCc1ccc2c(c1)NCC2. The molecule has 1 aliphatic rings. The Hall–Kier alpha value is -1.51. The predicted molar refractivity (Wildman–Crippen MR) is 59.0 cm³/mol. The number of nitrogens with one attached hydrogen (secondary N) is 1. The summed E-state index contributed by atoms with van der Waals surface area (Å²) >= 11 is 0. The summed E-state index contributed by atoms with van der Waals surface area (Å²) in [4.78, 5) is 11.0. The Labute approximate surface area is 89.4 Å². The van der Waals surface area contributed by atoms with Crippen molar-refractivity contribution in [3.8, 4) is 0 Å². The van der Waals surface area contributed by atoms with Crippen LogP contribution in [-0.4, -0.2) is 19.6 Å². The molecule has 0 atom stereocenters. The number of hydrogen-bond donors (Lipinski definition) is 1. The van der Waals surface area contributed by atoms with Crippen molar-refractivity contribution in [3.63, 3.8) is 0 Å². The highest BCUT2D eigenvalue weighted by Gasteiger charge is 2.10. The van der Waals surface area contributed by atoms with Gasteiger partial charge in [0.15, 0.2) is 0 Å². The van der Waals surface area contributed by atoms with Gasteiger partial charge in [-0.2, -0.15) is 0 Å². The lowest BCUT2D eigenvalue weighted by molar-refractivity contribution is -0.140. The first-order valence-corrected chi connectivity index (χ1v) is 5.22. The highest BCUT2D eigenvalue weighted by molar-refractivity contribution is 5.69. The van der Waals surface area contributed by atoms with E-state index in [1.165, 1.54) is 23.9 Å². The summed E-state index contributed by atoms with van der Waals surface area (Å²) < 4.78 is 4.61. The zero-order valence-electron chi connectivity index (χ0n) is 8.88. The molecule has 0 radical (unpaired) electrons. The molecule has 1 aromatic carbocycles. The van der Waals surface area contributed by atoms with Crippen molar-refractivity contribution in [2.75, 3.05) is 19.0 Å². The van der Waals surface area contributed by atoms with E-state index in [1.807, 2.05) is 0 Å². The Morgan fingerprint density at radius 3 is 3.20 bits per heavy atom. The lowest BCUT2D eigenvalue weighted by Gasteiger charge is -2.04. The maximum absolute atomic E-state index is 11.0. The molecule has 3 nitrogen and oxygen atoms in total. The second-order valence-electron chi connectivity index (χ2n) is 3.74. The molecular formula is C12H15NO2. The second kappa shape index (κ2) is 4.34. The van der Waals surface area contributed by atoms with Crippen LogP contribution in [0.2, 0.25) is 0 Å². The topological polar surface area (TPSA) is 38.3 Å². The molecule has 0 fully saturated rings. The number of ether oxygens (including phenoxy) is 1. The van der Waals surface area contributed by atoms with Crippen molar-refractivity contribution >= 4 is 11.7 Å². The van der Waals surface area contributed by atoms with Gasteiger partial charge in [-0.25, -0.2) is 0 Å². The second-order valence-corrected chi connectivity index (χ2v) is 3.74. The summed E-state index contributed by atoms with van der Waals surface area (Å²) in [5, 5.41) is 3.33.